The molecule has 3 saturated heterocycles. The maximum atomic E-state index is 16.8. The smallest absolute Gasteiger partial charge is 0.445 e. The number of anilines is 2. The fourth-order valence-corrected chi connectivity index (χ4v) is 12.4. The van der Waals surface area contributed by atoms with Crippen LogP contribution in [0.15, 0.2) is 85.0 Å². The maximum absolute atomic E-state index is 16.8. The third-order valence-corrected chi connectivity index (χ3v) is 17.5. The van der Waals surface area contributed by atoms with Gasteiger partial charge in [0, 0.05) is 49.9 Å². The number of carbonyl (C=O) groups is 7. The third kappa shape index (κ3) is 17.7. The number of hydrogen-bond acceptors (Lipinski definition) is 24. The van der Waals surface area contributed by atoms with Crippen molar-refractivity contribution in [3.63, 3.8) is 0 Å². The molecule has 6 aromatic rings. The molecule has 0 spiro atoms. The van der Waals surface area contributed by atoms with Crippen molar-refractivity contribution in [2.24, 2.45) is 16.8 Å². The van der Waals surface area contributed by atoms with E-state index in [-0.39, 0.29) is 61.7 Å². The van der Waals surface area contributed by atoms with Gasteiger partial charge in [-0.15, -0.1) is 0 Å². The van der Waals surface area contributed by atoms with Crippen molar-refractivity contribution in [2.45, 2.75) is 101 Å². The lowest BCUT2D eigenvalue weighted by molar-refractivity contribution is -0.131. The number of rotatable bonds is 22. The van der Waals surface area contributed by atoms with Crippen LogP contribution in [0.4, 0.5) is 30.3 Å². The molecule has 8 amide bonds. The normalized spacial score (nSPS) is 24.1. The molecule has 2 unspecified atom stereocenters. The van der Waals surface area contributed by atoms with Crippen molar-refractivity contribution >= 4 is 102 Å². The van der Waals surface area contributed by atoms with E-state index in [1.54, 1.807) is 63.2 Å². The van der Waals surface area contributed by atoms with E-state index >= 15 is 4.39 Å². The predicted octanol–water partition coefficient (Wildman–Crippen LogP) is 3.52. The summed E-state index contributed by atoms with van der Waals surface area (Å²) in [6.45, 7) is -2.33. The number of fused-ring (bicyclic) bond motifs is 4. The number of nitrogens with two attached hydrogens (primary N) is 1. The van der Waals surface area contributed by atoms with E-state index in [1.807, 2.05) is 0 Å². The Morgan fingerprint density at radius 2 is 1.47 bits per heavy atom. The van der Waals surface area contributed by atoms with Crippen molar-refractivity contribution in [3.05, 3.63) is 107 Å². The summed E-state index contributed by atoms with van der Waals surface area (Å²) in [5.41, 5.74) is 15.8. The molecule has 0 radical (unpaired) electrons. The first-order chi connectivity index (χ1) is 45.3. The highest BCUT2D eigenvalue weighted by molar-refractivity contribution is 8.07. The topological polar surface area (TPSA) is 479 Å². The number of azide groups is 1. The van der Waals surface area contributed by atoms with Gasteiger partial charge in [0.25, 0.3) is 5.91 Å². The summed E-state index contributed by atoms with van der Waals surface area (Å²) in [6.07, 6.45) is -10.7. The van der Waals surface area contributed by atoms with Gasteiger partial charge < -0.3 is 75.4 Å². The Hall–Kier alpha value is -8.97. The van der Waals surface area contributed by atoms with E-state index in [0.717, 1.165) is 22.1 Å². The van der Waals surface area contributed by atoms with Crippen molar-refractivity contribution < 1.29 is 89.3 Å². The number of likely N-dealkylation sites (N-methyl/N-ethyl adjacent to an activating group) is 2. The second kappa shape index (κ2) is 31.1. The number of phosphoric ester groups is 1. The number of nitrogens with one attached hydrogen (secondary N) is 5. The number of imidazole rings is 2. The van der Waals surface area contributed by atoms with Crippen molar-refractivity contribution in [3.8, 4) is 0 Å². The second-order valence-electron chi connectivity index (χ2n) is 22.0. The van der Waals surface area contributed by atoms with Gasteiger partial charge in [-0.3, -0.25) is 41.9 Å². The molecule has 9 N–H and O–H groups in total. The molecule has 0 aliphatic carbocycles. The Bertz CT molecular complexity index is 3950. The van der Waals surface area contributed by atoms with Crippen molar-refractivity contribution in [1.29, 1.82) is 0 Å². The molecule has 37 nitrogen and oxygen atoms in total. The summed E-state index contributed by atoms with van der Waals surface area (Å²) in [4.78, 5) is 144. The van der Waals surface area contributed by atoms with E-state index in [4.69, 9.17) is 60.1 Å². The number of amides is 8. The number of alkyl halides is 1. The van der Waals surface area contributed by atoms with Crippen molar-refractivity contribution in [1.82, 2.24) is 64.8 Å². The number of ether oxygens (including phenoxy) is 4. The zero-order valence-corrected chi connectivity index (χ0v) is 53.8. The second-order valence-corrected chi connectivity index (χ2v) is 26.2. The summed E-state index contributed by atoms with van der Waals surface area (Å²) >= 11 is 5.50. The van der Waals surface area contributed by atoms with Gasteiger partial charge >= 0.3 is 32.8 Å². The molecule has 0 saturated carbocycles. The van der Waals surface area contributed by atoms with Crippen molar-refractivity contribution in [2.75, 3.05) is 64.1 Å². The van der Waals surface area contributed by atoms with Crippen LogP contribution in [0.5, 0.6) is 0 Å². The lowest BCUT2D eigenvalue weighted by Crippen LogP contribution is -2.55. The van der Waals surface area contributed by atoms with Crippen LogP contribution in [0, 0.1) is 12.8 Å². The van der Waals surface area contributed by atoms with Crippen LogP contribution in [0.1, 0.15) is 60.8 Å². The van der Waals surface area contributed by atoms with Gasteiger partial charge in [0.15, 0.2) is 47.4 Å². The van der Waals surface area contributed by atoms with Gasteiger partial charge in [-0.05, 0) is 72.9 Å². The predicted molar refractivity (Wildman–Crippen MR) is 331 cm³/mol. The van der Waals surface area contributed by atoms with Crippen LogP contribution >= 0.6 is 14.5 Å². The molecule has 3 aliphatic heterocycles. The van der Waals surface area contributed by atoms with Crippen LogP contribution in [-0.2, 0) is 74.4 Å². The number of carbonyl (C=O) groups excluding carboxylic acids is 7. The van der Waals surface area contributed by atoms with Gasteiger partial charge in [-0.2, -0.15) is 0 Å². The maximum Gasteiger partial charge on any atom is 0.472 e. The quantitative estimate of drug-likeness (QED) is 0.0158. The zero-order chi connectivity index (χ0) is 68.3. The minimum absolute atomic E-state index is 0.0241. The molecule has 0 bridgehead atoms. The molecular formula is C54H66FN19O18P2S. The lowest BCUT2D eigenvalue weighted by atomic mass is 10.0. The van der Waals surface area contributed by atoms with Crippen LogP contribution in [0.25, 0.3) is 32.8 Å². The summed E-state index contributed by atoms with van der Waals surface area (Å²) < 4.78 is 80.0. The molecule has 4 aromatic heterocycles. The van der Waals surface area contributed by atoms with E-state index in [2.05, 4.69) is 66.5 Å². The zero-order valence-electron chi connectivity index (χ0n) is 51.2. The Labute approximate surface area is 543 Å². The molecule has 7 heterocycles. The fraction of sp³-hybridized carbons (Fsp3) is 0.463. The Morgan fingerprint density at radius 3 is 2.17 bits per heavy atom. The first kappa shape index (κ1) is 70.3. The van der Waals surface area contributed by atoms with Gasteiger partial charge in [0.1, 0.15) is 67.8 Å². The number of aromatic nitrogens is 8. The first-order valence-corrected chi connectivity index (χ1v) is 33.2. The number of urea groups is 1. The molecule has 12 atom stereocenters. The minimum atomic E-state index is -5.34. The van der Waals surface area contributed by atoms with Gasteiger partial charge in [-0.1, -0.05) is 49.3 Å². The highest BCUT2D eigenvalue weighted by Crippen LogP contribution is 2.55. The summed E-state index contributed by atoms with van der Waals surface area (Å²) in [7, 11) is -2.59. The first-order valence-electron chi connectivity index (χ1n) is 29.1. The van der Waals surface area contributed by atoms with Crippen LogP contribution in [0.3, 0.4) is 0 Å². The number of phosphoric acid groups is 1. The highest BCUT2D eigenvalue weighted by atomic mass is 32.5. The fourth-order valence-electron chi connectivity index (χ4n) is 10.0. The molecule has 95 heavy (non-hydrogen) atoms. The highest BCUT2D eigenvalue weighted by Gasteiger charge is 2.55. The Balaban J connectivity index is 0.834. The average molecular weight is 1380 g/mol. The van der Waals surface area contributed by atoms with E-state index in [9.17, 15) is 47.9 Å². The van der Waals surface area contributed by atoms with Gasteiger partial charge in [-0.25, -0.2) is 53.2 Å². The molecule has 41 heteroatoms. The van der Waals surface area contributed by atoms with Crippen LogP contribution in [-0.4, -0.2) is 203 Å². The number of primary amides is 1. The molecule has 3 aliphatic rings. The summed E-state index contributed by atoms with van der Waals surface area (Å²) in [6, 6.07) is 11.4. The molecule has 508 valence electrons. The number of benzene rings is 2. The van der Waals surface area contributed by atoms with Crippen LogP contribution < -0.4 is 32.3 Å². The number of halogens is 1. The van der Waals surface area contributed by atoms with Gasteiger partial charge in [0.2, 0.25) is 17.7 Å². The van der Waals surface area contributed by atoms with Crippen LogP contribution in [0.2, 0.25) is 0 Å². The molecule has 2 aromatic carbocycles. The van der Waals surface area contributed by atoms with E-state index in [0.29, 0.717) is 28.0 Å². The third-order valence-electron chi connectivity index (χ3n) is 14.9. The summed E-state index contributed by atoms with van der Waals surface area (Å²) in [5.74, 6) is -3.03. The van der Waals surface area contributed by atoms with E-state index in [1.165, 1.54) is 48.3 Å². The molecule has 9 rings (SSSR count). The Kier molecular flexibility index (Phi) is 23.0. The monoisotopic (exact) mass is 1380 g/mol. The lowest BCUT2D eigenvalue weighted by Gasteiger charge is -2.31. The minimum Gasteiger partial charge on any atom is -0.445 e. The molecule has 3 fully saturated rings. The average Bonchev–Trinajstić information content (AvgIpc) is 1.62. The largest absolute Gasteiger partial charge is 0.472 e. The standard InChI is InChI=1S/C54H66FN19O18P2S/c1-28(2)38(68-36(75)20-65-70-57)49(78)67-33(12-9-17-58-52(56)79)48(77)66-32-15-13-30(14-16-32)21-85-53(80)71(4)18-19-72(5)54(81)90-43-42-35(89-51(43)74-26-63-39-29(3)59-24-61-45(39)74)22-86-93(82,83)91-41-34(23-87-94(84,95)92-42)88-50(37(41)55)73-27-64-40-44(60-25-62-46(40)73)69-47(76)31-10-7-6-8-11-31/h6-8,10-11,13-16,24-28,33-35,37-38,41-43,50-51H,9,12,17-23H2,1-5H3,(H,66,77)(H,67,78)(H,68,75)(H,82,83)(H,84,95)(H3,56,58,79)(H,60,62,69,76)/t33-,34+,35+,37+,38-,41+,42+,43+,50+,51+,94?/m0/s1. The summed E-state index contributed by atoms with van der Waals surface area (Å²) in [5, 5.41) is 16.1. The molecular weight excluding hydrogens is 1320 g/mol. The number of nitrogens with zero attached hydrogens (tertiary/aromatic N) is 13. The number of hydrogen-bond donors (Lipinski definition) is 8. The Morgan fingerprint density at radius 1 is 0.832 bits per heavy atom. The SMILES string of the molecule is Cc1ncnc2c1ncn2[C@@H]1O[C@@H]2COP(=O)(O)O[C@H]3[C@@H](F)[C@H](n4cnc5c(NC(=O)c6ccccc6)ncnc54)O[C@@H]3COP(O)(=S)O[C@H]2[C@H]1OC(=O)N(C)CCN(C)C(=O)OCc1ccc(NC(=O)[C@H](CCCNC(N)=O)NC(=O)[C@@H](NC(=O)CN=[N+]=[N-])C(C)C)cc1. The van der Waals surface area contributed by atoms with E-state index < -0.39 is 143 Å². The number of aryl methyl sites for hydroxylation is 1. The van der Waals surface area contributed by atoms with Gasteiger partial charge in [0.05, 0.1) is 31.6 Å².